The molecule has 3 atom stereocenters. The van der Waals surface area contributed by atoms with Crippen LogP contribution < -0.4 is 9.80 Å². The molecule has 0 spiro atoms. The maximum absolute atomic E-state index is 2.62. The summed E-state index contributed by atoms with van der Waals surface area (Å²) in [5.41, 5.74) is 20.8. The smallest absolute Gasteiger partial charge is 0.0559 e. The fourth-order valence-electron chi connectivity index (χ4n) is 11.6. The van der Waals surface area contributed by atoms with Crippen LogP contribution in [0.25, 0.3) is 11.1 Å². The average Bonchev–Trinajstić information content (AvgIpc) is 3.51. The fourth-order valence-corrected chi connectivity index (χ4v) is 11.6. The van der Waals surface area contributed by atoms with Gasteiger partial charge in [0, 0.05) is 44.7 Å². The van der Waals surface area contributed by atoms with Crippen LogP contribution in [-0.2, 0) is 29.1 Å². The van der Waals surface area contributed by atoms with Crippen molar-refractivity contribution in [3.63, 3.8) is 0 Å². The Bertz CT molecular complexity index is 2780. The maximum atomic E-state index is 2.62. The van der Waals surface area contributed by atoms with Gasteiger partial charge in [0.1, 0.15) is 0 Å². The van der Waals surface area contributed by atoms with E-state index in [0.717, 1.165) is 32.1 Å². The van der Waals surface area contributed by atoms with Crippen molar-refractivity contribution in [3.8, 4) is 11.1 Å². The predicted octanol–water partition coefficient (Wildman–Crippen LogP) is 15.0. The quantitative estimate of drug-likeness (QED) is 0.136. The van der Waals surface area contributed by atoms with Gasteiger partial charge in [-0.15, -0.1) is 0 Å². The lowest BCUT2D eigenvalue weighted by Crippen LogP contribution is -2.40. The summed E-state index contributed by atoms with van der Waals surface area (Å²) in [4.78, 5) is 4.85. The highest BCUT2D eigenvalue weighted by Crippen LogP contribution is 2.59. The van der Waals surface area contributed by atoms with E-state index in [1.165, 1.54) is 84.1 Å². The van der Waals surface area contributed by atoms with Gasteiger partial charge in [-0.3, -0.25) is 0 Å². The Morgan fingerprint density at radius 3 is 1.34 bits per heavy atom. The zero-order valence-corrected chi connectivity index (χ0v) is 35.9. The van der Waals surface area contributed by atoms with E-state index < -0.39 is 0 Å². The Balaban J connectivity index is 0.904. The molecule has 0 saturated carbocycles. The van der Waals surface area contributed by atoms with Crippen LogP contribution in [0, 0.1) is 0 Å². The first-order valence-electron chi connectivity index (χ1n) is 22.5. The summed E-state index contributed by atoms with van der Waals surface area (Å²) in [5.74, 6) is 0. The molecule has 3 unspecified atom stereocenters. The lowest BCUT2D eigenvalue weighted by atomic mass is 9.58. The van der Waals surface area contributed by atoms with Gasteiger partial charge in [0.05, 0.1) is 6.04 Å². The van der Waals surface area contributed by atoms with E-state index in [4.69, 9.17) is 0 Å². The number of hydrogen-bond acceptors (Lipinski definition) is 2. The molecule has 0 saturated heterocycles. The lowest BCUT2D eigenvalue weighted by molar-refractivity contribution is 0.430. The second kappa shape index (κ2) is 14.4. The van der Waals surface area contributed by atoms with Crippen LogP contribution in [-0.4, -0.2) is 6.04 Å². The Hall–Kier alpha value is -6.38. The van der Waals surface area contributed by atoms with E-state index in [2.05, 4.69) is 226 Å². The van der Waals surface area contributed by atoms with Crippen molar-refractivity contribution >= 4 is 28.4 Å². The Kier molecular flexibility index (Phi) is 8.86. The normalized spacial score (nSPS) is 21.0. The first-order valence-corrected chi connectivity index (χ1v) is 22.5. The van der Waals surface area contributed by atoms with Gasteiger partial charge in [-0.2, -0.15) is 0 Å². The van der Waals surface area contributed by atoms with Gasteiger partial charge in [-0.05, 0) is 148 Å². The SMILES string of the molecule is CCC1(c2ccc(N(c3ccccc3)c3ccccc3)cc2)Cc2cc3c(cc21)C(C)(C)c1cc2c(cc1-3)CC2(CC)c1ccc(N(c2ccccc2)C2C=CC=CC2)cc1. The molecule has 0 N–H and O–H groups in total. The van der Waals surface area contributed by atoms with E-state index in [1.807, 2.05) is 0 Å². The van der Waals surface area contributed by atoms with Gasteiger partial charge in [0.15, 0.2) is 0 Å². The zero-order chi connectivity index (χ0) is 41.3. The summed E-state index contributed by atoms with van der Waals surface area (Å²) in [6.07, 6.45) is 14.3. The minimum absolute atomic E-state index is 0.0198. The molecule has 0 aliphatic heterocycles. The number of allylic oxidation sites excluding steroid dienone is 2. The molecule has 0 fully saturated rings. The molecule has 4 aliphatic carbocycles. The number of nitrogens with zero attached hydrogens (tertiary/aromatic N) is 2. The molecular weight excluding hydrogens is 737 g/mol. The highest BCUT2D eigenvalue weighted by molar-refractivity contribution is 5.85. The molecule has 2 nitrogen and oxygen atoms in total. The van der Waals surface area contributed by atoms with Crippen LogP contribution in [0.15, 0.2) is 188 Å². The highest BCUT2D eigenvalue weighted by Gasteiger charge is 2.49. The van der Waals surface area contributed by atoms with Gasteiger partial charge in [-0.1, -0.05) is 155 Å². The molecule has 0 bridgehead atoms. The van der Waals surface area contributed by atoms with Crippen LogP contribution in [0.1, 0.15) is 91.5 Å². The number of para-hydroxylation sites is 3. The predicted molar refractivity (Wildman–Crippen MR) is 256 cm³/mol. The summed E-state index contributed by atoms with van der Waals surface area (Å²) in [7, 11) is 0. The molecule has 0 heterocycles. The second-order valence-corrected chi connectivity index (χ2v) is 18.4. The molecule has 11 rings (SSSR count). The number of hydrogen-bond donors (Lipinski definition) is 0. The van der Waals surface area contributed by atoms with Crippen LogP contribution in [0.4, 0.5) is 28.4 Å². The molecule has 0 aromatic heterocycles. The number of benzene rings is 7. The molecule has 4 aliphatic rings. The third-order valence-corrected chi connectivity index (χ3v) is 15.1. The molecule has 7 aromatic rings. The van der Waals surface area contributed by atoms with E-state index in [1.54, 1.807) is 0 Å². The third-order valence-electron chi connectivity index (χ3n) is 15.1. The zero-order valence-electron chi connectivity index (χ0n) is 35.9. The van der Waals surface area contributed by atoms with Crippen LogP contribution >= 0.6 is 0 Å². The van der Waals surface area contributed by atoms with Crippen LogP contribution in [0.5, 0.6) is 0 Å². The minimum atomic E-state index is -0.0867. The molecular formula is C59H54N2. The summed E-state index contributed by atoms with van der Waals surface area (Å²) in [6, 6.07) is 62.0. The number of rotatable bonds is 10. The number of anilines is 5. The average molecular weight is 791 g/mol. The van der Waals surface area contributed by atoms with E-state index in [9.17, 15) is 0 Å². The standard InChI is InChI=1S/C59H54N2/c1-5-58(43-27-31-49(32-28-43)60(45-19-11-7-12-20-45)46-21-13-8-14-22-46)39-41-35-51-52-36-42-40-59(6-2,54(42)38-56(52)57(3,4)55(51)37-53(41)58)44-29-33-50(34-30-44)61(47-23-15-9-16-24-47)48-25-17-10-18-26-48/h7-25,27-38,48H,5-6,26,39-40H2,1-4H3. The molecule has 2 heteroatoms. The molecule has 0 radical (unpaired) electrons. The Labute approximate surface area is 362 Å². The summed E-state index contributed by atoms with van der Waals surface area (Å²) in [5, 5.41) is 0. The topological polar surface area (TPSA) is 6.48 Å². The highest BCUT2D eigenvalue weighted by atomic mass is 15.2. The molecule has 7 aromatic carbocycles. The summed E-state index contributed by atoms with van der Waals surface area (Å²) in [6.45, 7) is 9.70. The van der Waals surface area contributed by atoms with Gasteiger partial charge >= 0.3 is 0 Å². The Morgan fingerprint density at radius 1 is 0.475 bits per heavy atom. The van der Waals surface area contributed by atoms with Crippen molar-refractivity contribution in [2.45, 2.75) is 82.1 Å². The minimum Gasteiger partial charge on any atom is -0.334 e. The fraction of sp³-hybridized carbons (Fsp3) is 0.220. The largest absolute Gasteiger partial charge is 0.334 e. The third kappa shape index (κ3) is 5.75. The molecule has 300 valence electrons. The molecule has 0 amide bonds. The van der Waals surface area contributed by atoms with E-state index in [0.29, 0.717) is 6.04 Å². The maximum Gasteiger partial charge on any atom is 0.0559 e. The first kappa shape index (κ1) is 37.6. The van der Waals surface area contributed by atoms with Crippen molar-refractivity contribution in [3.05, 3.63) is 233 Å². The first-order chi connectivity index (χ1) is 29.8. The number of fused-ring (bicyclic) bond motifs is 5. The van der Waals surface area contributed by atoms with Crippen molar-refractivity contribution in [2.24, 2.45) is 0 Å². The van der Waals surface area contributed by atoms with Gasteiger partial charge < -0.3 is 9.80 Å². The van der Waals surface area contributed by atoms with Crippen molar-refractivity contribution < 1.29 is 0 Å². The van der Waals surface area contributed by atoms with Crippen molar-refractivity contribution in [1.82, 2.24) is 0 Å². The lowest BCUT2D eigenvalue weighted by Gasteiger charge is -2.45. The van der Waals surface area contributed by atoms with Gasteiger partial charge in [0.2, 0.25) is 0 Å². The van der Waals surface area contributed by atoms with Gasteiger partial charge in [-0.25, -0.2) is 0 Å². The van der Waals surface area contributed by atoms with Crippen molar-refractivity contribution in [2.75, 3.05) is 9.80 Å². The van der Waals surface area contributed by atoms with E-state index in [-0.39, 0.29) is 16.2 Å². The summed E-state index contributed by atoms with van der Waals surface area (Å²) >= 11 is 0. The monoisotopic (exact) mass is 790 g/mol. The molecule has 61 heavy (non-hydrogen) atoms. The Morgan fingerprint density at radius 2 is 0.902 bits per heavy atom. The van der Waals surface area contributed by atoms with Crippen LogP contribution in [0.3, 0.4) is 0 Å². The summed E-state index contributed by atoms with van der Waals surface area (Å²) < 4.78 is 0. The van der Waals surface area contributed by atoms with Crippen molar-refractivity contribution in [1.29, 1.82) is 0 Å². The van der Waals surface area contributed by atoms with Gasteiger partial charge in [0.25, 0.3) is 0 Å². The second-order valence-electron chi connectivity index (χ2n) is 18.4. The van der Waals surface area contributed by atoms with E-state index >= 15 is 0 Å². The van der Waals surface area contributed by atoms with Crippen LogP contribution in [0.2, 0.25) is 0 Å².